The van der Waals surface area contributed by atoms with Gasteiger partial charge in [0.05, 0.1) is 22.6 Å². The maximum atomic E-state index is 13.2. The molecule has 4 aromatic rings. The maximum absolute atomic E-state index is 13.2. The summed E-state index contributed by atoms with van der Waals surface area (Å²) in [7, 11) is 0. The number of hydrogen-bond donors (Lipinski definition) is 1. The predicted molar refractivity (Wildman–Crippen MR) is 156 cm³/mol. The molecule has 0 spiro atoms. The highest BCUT2D eigenvalue weighted by Crippen LogP contribution is 2.38. The fourth-order valence-corrected chi connectivity index (χ4v) is 5.48. The summed E-state index contributed by atoms with van der Waals surface area (Å²) in [6, 6.07) is 18.1. The molecule has 1 saturated heterocycles. The Bertz CT molecular complexity index is 1670. The minimum Gasteiger partial charge on any atom is -0.493 e. The van der Waals surface area contributed by atoms with Crippen LogP contribution in [-0.4, -0.2) is 21.4 Å². The van der Waals surface area contributed by atoms with Gasteiger partial charge in [0.25, 0.3) is 5.91 Å². The number of nitrogens with zero attached hydrogens (tertiary/aromatic N) is 1. The molecular formula is C30H22F6N2O3S2. The normalized spacial score (nSPS) is 14.9. The van der Waals surface area contributed by atoms with Gasteiger partial charge in [0.15, 0.2) is 0 Å². The quantitative estimate of drug-likeness (QED) is 0.0869. The Morgan fingerprint density at radius 1 is 0.860 bits per heavy atom. The molecule has 43 heavy (non-hydrogen) atoms. The summed E-state index contributed by atoms with van der Waals surface area (Å²) in [6.45, 7) is 0.488. The van der Waals surface area contributed by atoms with Gasteiger partial charge in [-0.2, -0.15) is 26.3 Å². The molecule has 0 saturated carbocycles. The Morgan fingerprint density at radius 2 is 1.56 bits per heavy atom. The van der Waals surface area contributed by atoms with Gasteiger partial charge in [0.1, 0.15) is 22.4 Å². The van der Waals surface area contributed by atoms with E-state index in [4.69, 9.17) is 21.7 Å². The number of aromatic nitrogens is 1. The van der Waals surface area contributed by atoms with Crippen molar-refractivity contribution in [1.29, 1.82) is 0 Å². The predicted octanol–water partition coefficient (Wildman–Crippen LogP) is 8.22. The van der Waals surface area contributed by atoms with Crippen LogP contribution < -0.4 is 14.8 Å². The zero-order chi connectivity index (χ0) is 30.8. The number of carbonyl (C=O) groups is 1. The number of aryl methyl sites for hydroxylation is 1. The molecule has 2 heterocycles. The fourth-order valence-electron chi connectivity index (χ4n) is 4.45. The van der Waals surface area contributed by atoms with Gasteiger partial charge in [0, 0.05) is 23.1 Å². The van der Waals surface area contributed by atoms with E-state index in [-0.39, 0.29) is 31.5 Å². The first-order valence-corrected chi connectivity index (χ1v) is 14.1. The molecule has 1 aliphatic heterocycles. The Hall–Kier alpha value is -3.97. The summed E-state index contributed by atoms with van der Waals surface area (Å²) in [4.78, 5) is 12.7. The number of ether oxygens (including phenoxy) is 2. The number of thioether (sulfide) groups is 1. The zero-order valence-electron chi connectivity index (χ0n) is 22.1. The van der Waals surface area contributed by atoms with E-state index >= 15 is 0 Å². The van der Waals surface area contributed by atoms with Crippen molar-refractivity contribution in [2.24, 2.45) is 0 Å². The third kappa shape index (κ3) is 7.52. The molecule has 1 amide bonds. The van der Waals surface area contributed by atoms with Gasteiger partial charge in [-0.05, 0) is 60.5 Å². The van der Waals surface area contributed by atoms with E-state index < -0.39 is 29.2 Å². The lowest BCUT2D eigenvalue weighted by Gasteiger charge is -2.15. The first-order chi connectivity index (χ1) is 20.4. The minimum absolute atomic E-state index is 0.0548. The second-order valence-electron chi connectivity index (χ2n) is 9.51. The van der Waals surface area contributed by atoms with Crippen molar-refractivity contribution >= 4 is 51.2 Å². The van der Waals surface area contributed by atoms with E-state index in [2.05, 4.69) is 5.32 Å². The number of rotatable bonds is 9. The average molecular weight is 637 g/mol. The smallest absolute Gasteiger partial charge is 0.416 e. The molecule has 0 unspecified atom stereocenters. The van der Waals surface area contributed by atoms with E-state index in [9.17, 15) is 31.1 Å². The number of fused-ring (bicyclic) bond motifs is 1. The average Bonchev–Trinajstić information content (AvgIpc) is 3.46. The highest BCUT2D eigenvalue weighted by atomic mass is 32.2. The van der Waals surface area contributed by atoms with E-state index in [1.54, 1.807) is 12.1 Å². The molecule has 13 heteroatoms. The van der Waals surface area contributed by atoms with E-state index in [1.165, 1.54) is 0 Å². The molecule has 5 nitrogen and oxygen atoms in total. The van der Waals surface area contributed by atoms with Crippen molar-refractivity contribution in [1.82, 2.24) is 9.88 Å². The number of hydrogen-bond acceptors (Lipinski definition) is 5. The number of thiocarbonyl (C=S) groups is 1. The maximum Gasteiger partial charge on any atom is 0.416 e. The lowest BCUT2D eigenvalue weighted by atomic mass is 10.1. The van der Waals surface area contributed by atoms with Crippen LogP contribution in [0.1, 0.15) is 28.8 Å². The number of amides is 1. The third-order valence-electron chi connectivity index (χ3n) is 6.43. The summed E-state index contributed by atoms with van der Waals surface area (Å²) >= 11 is 6.19. The molecule has 0 aliphatic carbocycles. The van der Waals surface area contributed by atoms with Gasteiger partial charge in [-0.15, -0.1) is 0 Å². The Morgan fingerprint density at radius 3 is 2.19 bits per heavy atom. The van der Waals surface area contributed by atoms with Crippen LogP contribution in [0.4, 0.5) is 26.3 Å². The second-order valence-corrected chi connectivity index (χ2v) is 11.2. The lowest BCUT2D eigenvalue weighted by molar-refractivity contribution is -0.143. The minimum atomic E-state index is -4.97. The van der Waals surface area contributed by atoms with Gasteiger partial charge < -0.3 is 19.4 Å². The number of benzene rings is 3. The van der Waals surface area contributed by atoms with Gasteiger partial charge in [-0.25, -0.2) is 0 Å². The van der Waals surface area contributed by atoms with E-state index in [0.717, 1.165) is 28.2 Å². The van der Waals surface area contributed by atoms with Crippen LogP contribution in [0.2, 0.25) is 0 Å². The standard InChI is InChI=1S/C30H22F6N2O3S2/c31-29(32,33)20-13-21(30(34,35)36)15-24(14-20)40-10-4-9-38-22(16-26-27(39)37-28(42)43-26)11-19-12-23(7-8-25(19)38)41-17-18-5-2-1-3-6-18/h1-3,5-8,11-16H,4,9-10,17H2,(H,37,39,42)/b26-16+. The Balaban J connectivity index is 1.36. The molecule has 1 aromatic heterocycles. The molecule has 3 aromatic carbocycles. The Kier molecular flexibility index (Phi) is 8.74. The molecule has 224 valence electrons. The largest absolute Gasteiger partial charge is 0.493 e. The molecule has 0 bridgehead atoms. The van der Waals surface area contributed by atoms with E-state index in [0.29, 0.717) is 39.4 Å². The summed E-state index contributed by atoms with van der Waals surface area (Å²) in [5, 5.41) is 3.36. The van der Waals surface area contributed by atoms with Gasteiger partial charge in [0.2, 0.25) is 0 Å². The zero-order valence-corrected chi connectivity index (χ0v) is 23.7. The number of carbonyl (C=O) groups excluding carboxylic acids is 1. The highest BCUT2D eigenvalue weighted by Gasteiger charge is 2.37. The molecule has 1 N–H and O–H groups in total. The molecule has 0 atom stereocenters. The van der Waals surface area contributed by atoms with Crippen LogP contribution in [0, 0.1) is 0 Å². The summed E-state index contributed by atoms with van der Waals surface area (Å²) in [5.74, 6) is -0.253. The van der Waals surface area contributed by atoms with Crippen LogP contribution in [-0.2, 0) is 30.3 Å². The molecular weight excluding hydrogens is 614 g/mol. The van der Waals surface area contributed by atoms with Gasteiger partial charge >= 0.3 is 12.4 Å². The third-order valence-corrected chi connectivity index (χ3v) is 7.59. The summed E-state index contributed by atoms with van der Waals surface area (Å²) in [5.41, 5.74) is -0.468. The van der Waals surface area contributed by atoms with Crippen molar-refractivity contribution in [2.75, 3.05) is 6.61 Å². The van der Waals surface area contributed by atoms with Crippen LogP contribution in [0.15, 0.2) is 77.7 Å². The second kappa shape index (κ2) is 12.3. The SMILES string of the molecule is O=C1NC(=S)S/C1=C/c1cc2cc(OCc3ccccc3)ccc2n1CCCOc1cc(C(F)(F)F)cc(C(F)(F)F)c1. The van der Waals surface area contributed by atoms with Gasteiger partial charge in [-0.3, -0.25) is 4.79 Å². The van der Waals surface area contributed by atoms with Crippen molar-refractivity contribution in [3.05, 3.63) is 100 Å². The number of alkyl halides is 6. The number of halogens is 6. The van der Waals surface area contributed by atoms with Crippen LogP contribution in [0.25, 0.3) is 17.0 Å². The lowest BCUT2D eigenvalue weighted by Crippen LogP contribution is -2.17. The van der Waals surface area contributed by atoms with Crippen molar-refractivity contribution < 1.29 is 40.6 Å². The fraction of sp³-hybridized carbons (Fsp3) is 0.200. The molecule has 1 fully saturated rings. The first kappa shape index (κ1) is 30.5. The Labute approximate surface area is 251 Å². The van der Waals surface area contributed by atoms with E-state index in [1.807, 2.05) is 53.1 Å². The van der Waals surface area contributed by atoms with Crippen LogP contribution in [0.5, 0.6) is 11.5 Å². The molecule has 5 rings (SSSR count). The van der Waals surface area contributed by atoms with Crippen LogP contribution in [0.3, 0.4) is 0 Å². The van der Waals surface area contributed by atoms with Crippen molar-refractivity contribution in [3.8, 4) is 11.5 Å². The van der Waals surface area contributed by atoms with Crippen LogP contribution >= 0.6 is 24.0 Å². The molecule has 0 radical (unpaired) electrons. The number of nitrogens with one attached hydrogen (secondary N) is 1. The van der Waals surface area contributed by atoms with Crippen molar-refractivity contribution in [3.63, 3.8) is 0 Å². The summed E-state index contributed by atoms with van der Waals surface area (Å²) in [6.07, 6.45) is -8.03. The monoisotopic (exact) mass is 636 g/mol. The summed E-state index contributed by atoms with van der Waals surface area (Å²) < 4.78 is 92.7. The van der Waals surface area contributed by atoms with Crippen molar-refractivity contribution in [2.45, 2.75) is 31.9 Å². The topological polar surface area (TPSA) is 52.5 Å². The molecule has 1 aliphatic rings. The highest BCUT2D eigenvalue weighted by molar-refractivity contribution is 8.26. The first-order valence-electron chi connectivity index (χ1n) is 12.8. The van der Waals surface area contributed by atoms with Gasteiger partial charge in [-0.1, -0.05) is 54.3 Å².